The second-order valence-corrected chi connectivity index (χ2v) is 9.31. The maximum absolute atomic E-state index is 10.2. The van der Waals surface area contributed by atoms with Gasteiger partial charge in [-0.3, -0.25) is 4.90 Å². The number of benzene rings is 3. The summed E-state index contributed by atoms with van der Waals surface area (Å²) in [6.07, 6.45) is 0.574. The quantitative estimate of drug-likeness (QED) is 0.458. The molecule has 4 nitrogen and oxygen atoms in total. The Morgan fingerprint density at radius 2 is 1.50 bits per heavy atom. The van der Waals surface area contributed by atoms with Crippen LogP contribution in [0.3, 0.4) is 0 Å². The van der Waals surface area contributed by atoms with Crippen LogP contribution in [0.15, 0.2) is 84.9 Å². The minimum atomic E-state index is -0.252. The molecule has 34 heavy (non-hydrogen) atoms. The molecule has 1 aliphatic heterocycles. The number of aliphatic hydroxyl groups excluding tert-OH is 1. The number of likely N-dealkylation sites (tertiary alicyclic amines) is 1. The molecule has 0 radical (unpaired) electrons. The van der Waals surface area contributed by atoms with Gasteiger partial charge in [-0.2, -0.15) is 0 Å². The van der Waals surface area contributed by atoms with E-state index < -0.39 is 0 Å². The molecule has 1 fully saturated rings. The molecular weight excluding hydrogens is 420 g/mol. The van der Waals surface area contributed by atoms with Crippen LogP contribution in [-0.4, -0.2) is 67.4 Å². The Morgan fingerprint density at radius 3 is 2.06 bits per heavy atom. The lowest BCUT2D eigenvalue weighted by Crippen LogP contribution is -2.33. The standard InChI is InChI=1S/C30H36N2O2/c1-23(32-19-18-27(33)22-32)29(24-10-6-4-7-11-24)30(25-12-8-5-9-13-25)26-14-16-28(17-15-26)34-21-20-31(2)3/h4-17,23,27,33H,18-22H2,1-3H3/b30-29-. The van der Waals surface area contributed by atoms with E-state index in [0.717, 1.165) is 30.8 Å². The molecule has 2 atom stereocenters. The lowest BCUT2D eigenvalue weighted by molar-refractivity contribution is 0.172. The summed E-state index contributed by atoms with van der Waals surface area (Å²) in [6, 6.07) is 29.9. The average molecular weight is 457 g/mol. The third-order valence-corrected chi connectivity index (χ3v) is 6.53. The summed E-state index contributed by atoms with van der Waals surface area (Å²) < 4.78 is 5.95. The Balaban J connectivity index is 1.80. The van der Waals surface area contributed by atoms with E-state index in [4.69, 9.17) is 4.74 Å². The molecular formula is C30H36N2O2. The first-order valence-electron chi connectivity index (χ1n) is 12.2. The number of ether oxygens (including phenoxy) is 1. The molecule has 2 unspecified atom stereocenters. The van der Waals surface area contributed by atoms with Crippen LogP contribution in [0, 0.1) is 0 Å². The summed E-state index contributed by atoms with van der Waals surface area (Å²) in [7, 11) is 4.10. The van der Waals surface area contributed by atoms with Gasteiger partial charge in [0.2, 0.25) is 0 Å². The Bertz CT molecular complexity index is 1060. The molecule has 1 N–H and O–H groups in total. The number of likely N-dealkylation sites (N-methyl/N-ethyl adjacent to an activating group) is 1. The van der Waals surface area contributed by atoms with Gasteiger partial charge in [-0.15, -0.1) is 0 Å². The highest BCUT2D eigenvalue weighted by Gasteiger charge is 2.29. The predicted octanol–water partition coefficient (Wildman–Crippen LogP) is 5.04. The van der Waals surface area contributed by atoms with Crippen LogP contribution in [-0.2, 0) is 0 Å². The molecule has 1 heterocycles. The number of aliphatic hydroxyl groups is 1. The third-order valence-electron chi connectivity index (χ3n) is 6.53. The molecule has 1 aliphatic rings. The molecule has 0 amide bonds. The van der Waals surface area contributed by atoms with Crippen molar-refractivity contribution in [2.75, 3.05) is 40.3 Å². The fourth-order valence-corrected chi connectivity index (χ4v) is 4.66. The normalized spacial score (nSPS) is 18.1. The van der Waals surface area contributed by atoms with Crippen LogP contribution in [0.4, 0.5) is 0 Å². The van der Waals surface area contributed by atoms with E-state index >= 15 is 0 Å². The monoisotopic (exact) mass is 456 g/mol. The Morgan fingerprint density at radius 1 is 0.912 bits per heavy atom. The maximum Gasteiger partial charge on any atom is 0.119 e. The SMILES string of the molecule is CC(/C(=C(\c1ccccc1)c1ccc(OCCN(C)C)cc1)c1ccccc1)N1CCC(O)C1. The fraction of sp³-hybridized carbons (Fsp3) is 0.333. The van der Waals surface area contributed by atoms with Crippen LogP contribution in [0.25, 0.3) is 11.1 Å². The number of nitrogens with zero attached hydrogens (tertiary/aromatic N) is 2. The highest BCUT2D eigenvalue weighted by molar-refractivity contribution is 6.00. The van der Waals surface area contributed by atoms with Gasteiger partial charge in [-0.25, -0.2) is 0 Å². The zero-order chi connectivity index (χ0) is 23.9. The summed E-state index contributed by atoms with van der Waals surface area (Å²) in [5, 5.41) is 10.2. The Hall–Kier alpha value is -2.92. The van der Waals surface area contributed by atoms with Gasteiger partial charge >= 0.3 is 0 Å². The molecule has 4 heteroatoms. The van der Waals surface area contributed by atoms with E-state index in [-0.39, 0.29) is 12.1 Å². The van der Waals surface area contributed by atoms with E-state index in [2.05, 4.69) is 116 Å². The van der Waals surface area contributed by atoms with Gasteiger partial charge in [0.05, 0.1) is 6.10 Å². The van der Waals surface area contributed by atoms with Gasteiger partial charge in [0.1, 0.15) is 12.4 Å². The molecule has 0 saturated carbocycles. The second-order valence-electron chi connectivity index (χ2n) is 9.31. The van der Waals surface area contributed by atoms with Crippen LogP contribution in [0.5, 0.6) is 5.75 Å². The minimum Gasteiger partial charge on any atom is -0.492 e. The molecule has 4 rings (SSSR count). The van der Waals surface area contributed by atoms with Gasteiger partial charge in [0, 0.05) is 25.7 Å². The van der Waals surface area contributed by atoms with Crippen LogP contribution in [0.2, 0.25) is 0 Å². The van der Waals surface area contributed by atoms with Gasteiger partial charge in [-0.1, -0.05) is 72.8 Å². The molecule has 0 aliphatic carbocycles. The first-order valence-corrected chi connectivity index (χ1v) is 12.2. The summed E-state index contributed by atoms with van der Waals surface area (Å²) >= 11 is 0. The van der Waals surface area contributed by atoms with Gasteiger partial charge < -0.3 is 14.7 Å². The Kier molecular flexibility index (Phi) is 8.17. The summed E-state index contributed by atoms with van der Waals surface area (Å²) in [6.45, 7) is 5.42. The highest BCUT2D eigenvalue weighted by atomic mass is 16.5. The van der Waals surface area contributed by atoms with Gasteiger partial charge in [0.25, 0.3) is 0 Å². The highest BCUT2D eigenvalue weighted by Crippen LogP contribution is 2.37. The molecule has 1 saturated heterocycles. The van der Waals surface area contributed by atoms with Crippen molar-refractivity contribution in [2.45, 2.75) is 25.5 Å². The average Bonchev–Trinajstić information content (AvgIpc) is 3.30. The molecule has 0 spiro atoms. The van der Waals surface area contributed by atoms with Gasteiger partial charge in [-0.05, 0) is 67.4 Å². The Labute approximate surface area is 204 Å². The smallest absolute Gasteiger partial charge is 0.119 e. The largest absolute Gasteiger partial charge is 0.492 e. The van der Waals surface area contributed by atoms with Crippen molar-refractivity contribution < 1.29 is 9.84 Å². The number of β-amino-alcohol motifs (C(OH)–C–C–N with tert-alkyl or cyclic N) is 1. The number of rotatable bonds is 9. The third kappa shape index (κ3) is 5.95. The topological polar surface area (TPSA) is 35.9 Å². The van der Waals surface area contributed by atoms with Crippen LogP contribution >= 0.6 is 0 Å². The number of hydrogen-bond acceptors (Lipinski definition) is 4. The van der Waals surface area contributed by atoms with Crippen molar-refractivity contribution in [3.8, 4) is 5.75 Å². The summed E-state index contributed by atoms with van der Waals surface area (Å²) in [5.74, 6) is 0.884. The first kappa shape index (κ1) is 24.2. The zero-order valence-electron chi connectivity index (χ0n) is 20.5. The molecule has 3 aromatic rings. The molecule has 178 valence electrons. The lowest BCUT2D eigenvalue weighted by atomic mass is 9.85. The second kappa shape index (κ2) is 11.5. The van der Waals surface area contributed by atoms with Crippen molar-refractivity contribution in [1.82, 2.24) is 9.80 Å². The van der Waals surface area contributed by atoms with E-state index in [0.29, 0.717) is 13.2 Å². The fourth-order valence-electron chi connectivity index (χ4n) is 4.66. The first-order chi connectivity index (χ1) is 16.5. The van der Waals surface area contributed by atoms with Crippen LogP contribution in [0.1, 0.15) is 30.0 Å². The van der Waals surface area contributed by atoms with Crippen molar-refractivity contribution in [3.05, 3.63) is 102 Å². The summed E-state index contributed by atoms with van der Waals surface area (Å²) in [5.41, 5.74) is 6.06. The van der Waals surface area contributed by atoms with Crippen LogP contribution < -0.4 is 4.74 Å². The molecule has 0 bridgehead atoms. The van der Waals surface area contributed by atoms with E-state index in [1.165, 1.54) is 22.3 Å². The summed E-state index contributed by atoms with van der Waals surface area (Å²) in [4.78, 5) is 4.52. The predicted molar refractivity (Wildman–Crippen MR) is 141 cm³/mol. The van der Waals surface area contributed by atoms with Crippen molar-refractivity contribution >= 4 is 11.1 Å². The number of hydrogen-bond donors (Lipinski definition) is 1. The van der Waals surface area contributed by atoms with Crippen molar-refractivity contribution in [1.29, 1.82) is 0 Å². The molecule has 3 aromatic carbocycles. The van der Waals surface area contributed by atoms with Gasteiger partial charge in [0.15, 0.2) is 0 Å². The van der Waals surface area contributed by atoms with Crippen molar-refractivity contribution in [2.24, 2.45) is 0 Å². The van der Waals surface area contributed by atoms with E-state index in [1.54, 1.807) is 0 Å². The maximum atomic E-state index is 10.2. The van der Waals surface area contributed by atoms with E-state index in [9.17, 15) is 5.11 Å². The van der Waals surface area contributed by atoms with E-state index in [1.807, 2.05) is 0 Å². The lowest BCUT2D eigenvalue weighted by Gasteiger charge is -2.30. The molecule has 0 aromatic heterocycles. The minimum absolute atomic E-state index is 0.158. The zero-order valence-corrected chi connectivity index (χ0v) is 20.5. The van der Waals surface area contributed by atoms with Crippen molar-refractivity contribution in [3.63, 3.8) is 0 Å².